The van der Waals surface area contributed by atoms with Gasteiger partial charge in [0.2, 0.25) is 11.8 Å². The molecular weight excluding hydrogens is 207 g/mol. The maximum atomic E-state index is 12.8. The second kappa shape index (κ2) is 3.12. The molecule has 2 fully saturated rings. The number of halogens is 3. The van der Waals surface area contributed by atoms with Crippen molar-refractivity contribution in [2.24, 2.45) is 5.41 Å². The average Bonchev–Trinajstić information content (AvgIpc) is 2.07. The van der Waals surface area contributed by atoms with Crippen molar-refractivity contribution in [3.8, 4) is 0 Å². The molecule has 1 aliphatic carbocycles. The number of carbonyl (C=O) groups excluding carboxylic acids is 1. The normalized spacial score (nSPS) is 28.1. The third-order valence-electron chi connectivity index (χ3n) is 3.45. The summed E-state index contributed by atoms with van der Waals surface area (Å²) in [5, 5.41) is 0. The predicted molar refractivity (Wildman–Crippen MR) is 48.4 cm³/mol. The van der Waals surface area contributed by atoms with Crippen LogP contribution < -0.4 is 0 Å². The number of hydrogen-bond acceptors (Lipinski definition) is 1. The van der Waals surface area contributed by atoms with Gasteiger partial charge in [-0.2, -0.15) is 0 Å². The molecule has 1 saturated heterocycles. The van der Waals surface area contributed by atoms with Crippen LogP contribution in [-0.2, 0) is 4.79 Å². The molecule has 0 aromatic heterocycles. The van der Waals surface area contributed by atoms with Gasteiger partial charge in [0.15, 0.2) is 0 Å². The highest BCUT2D eigenvalue weighted by atomic mass is 19.3. The number of amides is 1. The van der Waals surface area contributed by atoms with Crippen LogP contribution in [0.4, 0.5) is 13.2 Å². The van der Waals surface area contributed by atoms with Crippen LogP contribution in [0.3, 0.4) is 0 Å². The minimum Gasteiger partial charge on any atom is -0.336 e. The van der Waals surface area contributed by atoms with E-state index < -0.39 is 17.5 Å². The summed E-state index contributed by atoms with van der Waals surface area (Å²) < 4.78 is 38.1. The molecule has 0 N–H and O–H groups in total. The lowest BCUT2D eigenvalue weighted by molar-refractivity contribution is -0.193. The van der Waals surface area contributed by atoms with E-state index in [-0.39, 0.29) is 31.8 Å². The molecule has 1 heterocycles. The first-order chi connectivity index (χ1) is 6.88. The molecule has 0 aromatic carbocycles. The average molecular weight is 221 g/mol. The number of nitrogens with zero attached hydrogens (tertiary/aromatic N) is 1. The number of likely N-dealkylation sites (tertiary alicyclic amines) is 1. The summed E-state index contributed by atoms with van der Waals surface area (Å²) in [7, 11) is 0. The Bertz CT molecular complexity index is 278. The zero-order chi connectivity index (χ0) is 11.3. The van der Waals surface area contributed by atoms with Crippen LogP contribution in [0.25, 0.3) is 0 Å². The molecule has 0 spiro atoms. The van der Waals surface area contributed by atoms with Crippen LogP contribution in [0, 0.1) is 5.41 Å². The fourth-order valence-corrected chi connectivity index (χ4v) is 2.42. The van der Waals surface area contributed by atoms with E-state index in [0.717, 1.165) is 0 Å². The molecule has 0 aromatic rings. The van der Waals surface area contributed by atoms with E-state index in [4.69, 9.17) is 0 Å². The molecule has 0 atom stereocenters. The Balaban J connectivity index is 2.00. The molecule has 86 valence electrons. The van der Waals surface area contributed by atoms with Crippen molar-refractivity contribution in [2.45, 2.75) is 38.3 Å². The van der Waals surface area contributed by atoms with Crippen molar-refractivity contribution in [1.82, 2.24) is 4.90 Å². The summed E-state index contributed by atoms with van der Waals surface area (Å²) in [4.78, 5) is 13.2. The first kappa shape index (κ1) is 10.8. The third kappa shape index (κ3) is 1.62. The van der Waals surface area contributed by atoms with Gasteiger partial charge in [-0.3, -0.25) is 4.79 Å². The Morgan fingerprint density at radius 1 is 1.40 bits per heavy atom. The van der Waals surface area contributed by atoms with E-state index in [0.29, 0.717) is 6.42 Å². The molecule has 0 unspecified atom stereocenters. The van der Waals surface area contributed by atoms with Crippen molar-refractivity contribution in [2.75, 3.05) is 13.1 Å². The molecule has 5 heteroatoms. The first-order valence-corrected chi connectivity index (χ1v) is 5.20. The molecule has 2 aliphatic rings. The molecule has 0 radical (unpaired) electrons. The second-order valence-corrected chi connectivity index (χ2v) is 4.65. The summed E-state index contributed by atoms with van der Waals surface area (Å²) >= 11 is 0. The number of alkyl halides is 3. The zero-order valence-corrected chi connectivity index (χ0v) is 8.60. The fraction of sp³-hybridized carbons (Fsp3) is 0.900. The smallest absolute Gasteiger partial charge is 0.250 e. The van der Waals surface area contributed by atoms with Crippen LogP contribution in [0.5, 0.6) is 0 Å². The SMILES string of the molecule is CCC1(C(=O)N2CC(F)C2)CC(F)(F)C1. The first-order valence-electron chi connectivity index (χ1n) is 5.20. The Morgan fingerprint density at radius 3 is 2.27 bits per heavy atom. The van der Waals surface area contributed by atoms with Crippen LogP contribution in [0.15, 0.2) is 0 Å². The van der Waals surface area contributed by atoms with E-state index in [9.17, 15) is 18.0 Å². The Kier molecular flexibility index (Phi) is 2.24. The van der Waals surface area contributed by atoms with Gasteiger partial charge in [-0.15, -0.1) is 0 Å². The fourth-order valence-electron chi connectivity index (χ4n) is 2.42. The summed E-state index contributed by atoms with van der Waals surface area (Å²) in [6, 6.07) is 0. The maximum absolute atomic E-state index is 12.8. The van der Waals surface area contributed by atoms with E-state index in [1.807, 2.05) is 0 Å². The minimum atomic E-state index is -2.70. The Morgan fingerprint density at radius 2 is 1.93 bits per heavy atom. The highest BCUT2D eigenvalue weighted by Gasteiger charge is 2.61. The summed E-state index contributed by atoms with van der Waals surface area (Å²) in [6.45, 7) is 1.89. The lowest BCUT2D eigenvalue weighted by Crippen LogP contribution is -2.61. The lowest BCUT2D eigenvalue weighted by Gasteiger charge is -2.50. The van der Waals surface area contributed by atoms with Gasteiger partial charge in [0, 0.05) is 12.8 Å². The molecule has 1 amide bonds. The molecule has 2 nitrogen and oxygen atoms in total. The van der Waals surface area contributed by atoms with Crippen LogP contribution in [0.1, 0.15) is 26.2 Å². The quantitative estimate of drug-likeness (QED) is 0.698. The summed E-state index contributed by atoms with van der Waals surface area (Å²) in [5.74, 6) is -2.99. The Hall–Kier alpha value is -0.740. The molecule has 1 saturated carbocycles. The van der Waals surface area contributed by atoms with Gasteiger partial charge in [0.25, 0.3) is 0 Å². The Labute approximate surface area is 86.4 Å². The van der Waals surface area contributed by atoms with Gasteiger partial charge >= 0.3 is 0 Å². The molecular formula is C10H14F3NO. The van der Waals surface area contributed by atoms with E-state index in [2.05, 4.69) is 0 Å². The van der Waals surface area contributed by atoms with Gasteiger partial charge in [-0.05, 0) is 6.42 Å². The van der Waals surface area contributed by atoms with Gasteiger partial charge < -0.3 is 4.90 Å². The number of carbonyl (C=O) groups is 1. The van der Waals surface area contributed by atoms with E-state index in [1.165, 1.54) is 4.90 Å². The van der Waals surface area contributed by atoms with Crippen molar-refractivity contribution < 1.29 is 18.0 Å². The van der Waals surface area contributed by atoms with Crippen molar-refractivity contribution >= 4 is 5.91 Å². The van der Waals surface area contributed by atoms with Gasteiger partial charge in [0.05, 0.1) is 18.5 Å². The minimum absolute atomic E-state index is 0.0756. The van der Waals surface area contributed by atoms with Crippen molar-refractivity contribution in [1.29, 1.82) is 0 Å². The molecule has 1 aliphatic heterocycles. The van der Waals surface area contributed by atoms with Gasteiger partial charge in [0.1, 0.15) is 6.17 Å². The largest absolute Gasteiger partial charge is 0.336 e. The van der Waals surface area contributed by atoms with Gasteiger partial charge in [-0.25, -0.2) is 13.2 Å². The number of rotatable bonds is 2. The second-order valence-electron chi connectivity index (χ2n) is 4.65. The van der Waals surface area contributed by atoms with E-state index in [1.54, 1.807) is 6.92 Å². The lowest BCUT2D eigenvalue weighted by atomic mass is 9.63. The summed E-state index contributed by atoms with van der Waals surface area (Å²) in [6.07, 6.45) is -1.30. The highest BCUT2D eigenvalue weighted by Crippen LogP contribution is 2.55. The number of hydrogen-bond donors (Lipinski definition) is 0. The standard InChI is InChI=1S/C10H14F3NO/c1-2-9(5-10(12,13)6-9)8(15)14-3-7(11)4-14/h7H,2-6H2,1H3. The van der Waals surface area contributed by atoms with Crippen LogP contribution in [0.2, 0.25) is 0 Å². The topological polar surface area (TPSA) is 20.3 Å². The predicted octanol–water partition coefficient (Wildman–Crippen LogP) is 1.99. The highest BCUT2D eigenvalue weighted by molar-refractivity contribution is 5.84. The monoisotopic (exact) mass is 221 g/mol. The maximum Gasteiger partial charge on any atom is 0.250 e. The van der Waals surface area contributed by atoms with Crippen LogP contribution >= 0.6 is 0 Å². The molecule has 0 bridgehead atoms. The van der Waals surface area contributed by atoms with E-state index >= 15 is 0 Å². The zero-order valence-electron chi connectivity index (χ0n) is 8.60. The van der Waals surface area contributed by atoms with Crippen molar-refractivity contribution in [3.63, 3.8) is 0 Å². The van der Waals surface area contributed by atoms with Crippen molar-refractivity contribution in [3.05, 3.63) is 0 Å². The molecule has 2 rings (SSSR count). The molecule has 15 heavy (non-hydrogen) atoms. The van der Waals surface area contributed by atoms with Crippen LogP contribution in [-0.4, -0.2) is 36.0 Å². The third-order valence-corrected chi connectivity index (χ3v) is 3.45. The van der Waals surface area contributed by atoms with Gasteiger partial charge in [-0.1, -0.05) is 6.92 Å². The summed E-state index contributed by atoms with van der Waals surface area (Å²) in [5.41, 5.74) is -0.913.